The predicted octanol–water partition coefficient (Wildman–Crippen LogP) is 2.75. The number of sulfone groups is 2. The van der Waals surface area contributed by atoms with Crippen LogP contribution in [0.15, 0.2) is 98.7 Å². The first-order chi connectivity index (χ1) is 11.4. The number of rotatable bonds is 4. The van der Waals surface area contributed by atoms with Crippen molar-refractivity contribution < 1.29 is 16.8 Å². The summed E-state index contributed by atoms with van der Waals surface area (Å²) in [6, 6.07) is 18.0. The highest BCUT2D eigenvalue weighted by Crippen LogP contribution is 2.29. The Bertz CT molecular complexity index is 973. The minimum absolute atomic E-state index is 0.00629. The zero-order chi connectivity index (χ0) is 17.2. The standard InChI is InChI=1S/C17H13NO4S2/c19-23(20,14-8-3-1-4-9-14)16-12-7-13-18-17(16)24(21,22)15-10-5-2-6-11-15/h1-13H. The number of hydrogen-bond donors (Lipinski definition) is 0. The van der Waals surface area contributed by atoms with Crippen LogP contribution in [0.4, 0.5) is 0 Å². The fourth-order valence-electron chi connectivity index (χ4n) is 2.22. The molecule has 5 nitrogen and oxygen atoms in total. The SMILES string of the molecule is O=S(=O)(c1ccccc1)c1cccnc1S(=O)(=O)c1ccccc1. The van der Waals surface area contributed by atoms with Gasteiger partial charge < -0.3 is 0 Å². The highest BCUT2D eigenvalue weighted by atomic mass is 32.2. The Morgan fingerprint density at radius 2 is 1.08 bits per heavy atom. The molecule has 2 aromatic carbocycles. The molecule has 0 radical (unpaired) electrons. The molecule has 122 valence electrons. The van der Waals surface area contributed by atoms with Gasteiger partial charge in [0.25, 0.3) is 0 Å². The van der Waals surface area contributed by atoms with Gasteiger partial charge in [0, 0.05) is 6.20 Å². The summed E-state index contributed by atoms with van der Waals surface area (Å²) in [4.78, 5) is 3.53. The van der Waals surface area contributed by atoms with E-state index in [0.29, 0.717) is 0 Å². The normalized spacial score (nSPS) is 12.0. The molecule has 24 heavy (non-hydrogen) atoms. The Morgan fingerprint density at radius 3 is 1.62 bits per heavy atom. The molecule has 3 aromatic rings. The van der Waals surface area contributed by atoms with Crippen molar-refractivity contribution in [3.8, 4) is 0 Å². The van der Waals surface area contributed by atoms with Gasteiger partial charge in [0.1, 0.15) is 4.90 Å². The minimum atomic E-state index is -4.05. The quantitative estimate of drug-likeness (QED) is 0.715. The van der Waals surface area contributed by atoms with Crippen LogP contribution in [0.1, 0.15) is 0 Å². The second-order valence-electron chi connectivity index (χ2n) is 4.94. The Hall–Kier alpha value is -2.51. The van der Waals surface area contributed by atoms with Crippen molar-refractivity contribution in [3.05, 3.63) is 79.0 Å². The molecule has 0 bridgehead atoms. The molecular formula is C17H13NO4S2. The molecule has 0 saturated carbocycles. The summed E-state index contributed by atoms with van der Waals surface area (Å²) in [5, 5.41) is -0.472. The van der Waals surface area contributed by atoms with Crippen LogP contribution in [-0.4, -0.2) is 21.8 Å². The highest BCUT2D eigenvalue weighted by Gasteiger charge is 2.30. The summed E-state index contributed by atoms with van der Waals surface area (Å²) >= 11 is 0. The molecule has 0 amide bonds. The van der Waals surface area contributed by atoms with Crippen LogP contribution in [0.5, 0.6) is 0 Å². The first-order valence-corrected chi connectivity index (χ1v) is 9.96. The fourth-order valence-corrected chi connectivity index (χ4v) is 5.46. The molecule has 7 heteroatoms. The smallest absolute Gasteiger partial charge is 0.225 e. The van der Waals surface area contributed by atoms with Crippen LogP contribution in [-0.2, 0) is 19.7 Å². The largest absolute Gasteiger partial charge is 0.243 e. The van der Waals surface area contributed by atoms with Gasteiger partial charge >= 0.3 is 0 Å². The molecule has 0 unspecified atom stereocenters. The minimum Gasteiger partial charge on any atom is -0.243 e. The van der Waals surface area contributed by atoms with Crippen molar-refractivity contribution in [2.24, 2.45) is 0 Å². The van der Waals surface area contributed by atoms with Crippen molar-refractivity contribution in [1.29, 1.82) is 0 Å². The van der Waals surface area contributed by atoms with Gasteiger partial charge in [0.15, 0.2) is 5.03 Å². The van der Waals surface area contributed by atoms with Gasteiger partial charge in [-0.2, -0.15) is 0 Å². The van der Waals surface area contributed by atoms with E-state index in [4.69, 9.17) is 0 Å². The van der Waals surface area contributed by atoms with E-state index in [1.165, 1.54) is 42.6 Å². The Labute approximate surface area is 140 Å². The first-order valence-electron chi connectivity index (χ1n) is 6.99. The maximum absolute atomic E-state index is 12.8. The zero-order valence-corrected chi connectivity index (χ0v) is 14.0. The maximum atomic E-state index is 12.8. The predicted molar refractivity (Wildman–Crippen MR) is 88.0 cm³/mol. The van der Waals surface area contributed by atoms with E-state index < -0.39 is 24.7 Å². The van der Waals surface area contributed by atoms with E-state index in [1.807, 2.05) is 0 Å². The third-order valence-electron chi connectivity index (χ3n) is 3.39. The Balaban J connectivity index is 2.24. The number of aromatic nitrogens is 1. The molecule has 0 N–H and O–H groups in total. The van der Waals surface area contributed by atoms with Crippen LogP contribution in [0.2, 0.25) is 0 Å². The summed E-state index contributed by atoms with van der Waals surface area (Å²) in [5.74, 6) is 0. The van der Waals surface area contributed by atoms with Gasteiger partial charge in [0.05, 0.1) is 9.79 Å². The molecule has 3 rings (SSSR count). The van der Waals surface area contributed by atoms with Gasteiger partial charge in [-0.15, -0.1) is 0 Å². The molecule has 0 spiro atoms. The number of nitrogens with zero attached hydrogens (tertiary/aromatic N) is 1. The average Bonchev–Trinajstić information content (AvgIpc) is 2.63. The zero-order valence-electron chi connectivity index (χ0n) is 12.4. The lowest BCUT2D eigenvalue weighted by atomic mass is 10.4. The second-order valence-corrected chi connectivity index (χ2v) is 8.72. The number of benzene rings is 2. The molecule has 0 saturated heterocycles. The lowest BCUT2D eigenvalue weighted by Crippen LogP contribution is -2.12. The highest BCUT2D eigenvalue weighted by molar-refractivity contribution is 7.94. The molecule has 0 aliphatic heterocycles. The number of hydrogen-bond acceptors (Lipinski definition) is 5. The lowest BCUT2D eigenvalue weighted by molar-refractivity contribution is 0.577. The Kier molecular flexibility index (Phi) is 4.21. The van der Waals surface area contributed by atoms with Crippen molar-refractivity contribution in [3.63, 3.8) is 0 Å². The van der Waals surface area contributed by atoms with Crippen molar-refractivity contribution in [1.82, 2.24) is 4.98 Å². The van der Waals surface area contributed by atoms with E-state index >= 15 is 0 Å². The molecule has 0 atom stereocenters. The van der Waals surface area contributed by atoms with Crippen molar-refractivity contribution in [2.75, 3.05) is 0 Å². The topological polar surface area (TPSA) is 81.2 Å². The third-order valence-corrected chi connectivity index (χ3v) is 7.04. The molecule has 1 heterocycles. The fraction of sp³-hybridized carbons (Fsp3) is 0. The summed E-state index contributed by atoms with van der Waals surface area (Å²) in [7, 11) is -8.05. The summed E-state index contributed by atoms with van der Waals surface area (Å²) in [5.41, 5.74) is 0. The molecule has 1 aromatic heterocycles. The summed E-state index contributed by atoms with van der Waals surface area (Å²) in [6.07, 6.45) is 1.26. The second kappa shape index (κ2) is 6.18. The Morgan fingerprint density at radius 1 is 0.583 bits per heavy atom. The third kappa shape index (κ3) is 2.83. The van der Waals surface area contributed by atoms with Crippen LogP contribution >= 0.6 is 0 Å². The van der Waals surface area contributed by atoms with E-state index in [2.05, 4.69) is 4.98 Å². The van der Waals surface area contributed by atoms with E-state index in [9.17, 15) is 16.8 Å². The molecule has 0 aliphatic carbocycles. The van der Waals surface area contributed by atoms with Gasteiger partial charge in [-0.25, -0.2) is 21.8 Å². The van der Waals surface area contributed by atoms with E-state index in [1.54, 1.807) is 36.4 Å². The van der Waals surface area contributed by atoms with Crippen LogP contribution in [0, 0.1) is 0 Å². The van der Waals surface area contributed by atoms with E-state index in [-0.39, 0.29) is 14.7 Å². The molecule has 0 fully saturated rings. The molecular weight excluding hydrogens is 346 g/mol. The average molecular weight is 359 g/mol. The van der Waals surface area contributed by atoms with Gasteiger partial charge in [0.2, 0.25) is 19.7 Å². The van der Waals surface area contributed by atoms with Crippen LogP contribution < -0.4 is 0 Å². The van der Waals surface area contributed by atoms with E-state index in [0.717, 1.165) is 0 Å². The monoisotopic (exact) mass is 359 g/mol. The summed E-state index contributed by atoms with van der Waals surface area (Å²) in [6.45, 7) is 0. The molecule has 0 aliphatic rings. The first kappa shape index (κ1) is 16.4. The van der Waals surface area contributed by atoms with Crippen molar-refractivity contribution >= 4 is 19.7 Å². The van der Waals surface area contributed by atoms with Crippen LogP contribution in [0.25, 0.3) is 0 Å². The van der Waals surface area contributed by atoms with Gasteiger partial charge in [-0.1, -0.05) is 36.4 Å². The van der Waals surface area contributed by atoms with Crippen molar-refractivity contribution in [2.45, 2.75) is 19.7 Å². The number of pyridine rings is 1. The summed E-state index contributed by atoms with van der Waals surface area (Å²) < 4.78 is 51.3. The van der Waals surface area contributed by atoms with Crippen LogP contribution in [0.3, 0.4) is 0 Å². The van der Waals surface area contributed by atoms with Gasteiger partial charge in [-0.05, 0) is 36.4 Å². The maximum Gasteiger partial charge on any atom is 0.225 e. The van der Waals surface area contributed by atoms with Gasteiger partial charge in [-0.3, -0.25) is 0 Å². The lowest BCUT2D eigenvalue weighted by Gasteiger charge is -2.10.